The van der Waals surface area contributed by atoms with Crippen LogP contribution in [0.3, 0.4) is 0 Å². The molecule has 2 amide bonds. The average Bonchev–Trinajstić information content (AvgIpc) is 3.30. The maximum absolute atomic E-state index is 12.1. The second-order valence-electron chi connectivity index (χ2n) is 6.42. The number of ether oxygens (including phenoxy) is 1. The number of rotatable bonds is 8. The lowest BCUT2D eigenvalue weighted by Crippen LogP contribution is -2.40. The minimum absolute atomic E-state index is 0.0160. The van der Waals surface area contributed by atoms with E-state index in [9.17, 15) is 18.0 Å². The fraction of sp³-hybridized carbons (Fsp3) is 0.0909. The molecule has 0 spiro atoms. The van der Waals surface area contributed by atoms with Crippen molar-refractivity contribution in [3.63, 3.8) is 0 Å². The molecular formula is C22H21N3O6S. The number of sulfonamides is 1. The van der Waals surface area contributed by atoms with Crippen LogP contribution in [0.4, 0.5) is 0 Å². The monoisotopic (exact) mass is 455 g/mol. The van der Waals surface area contributed by atoms with Crippen LogP contribution < -0.4 is 20.3 Å². The molecule has 2 aromatic carbocycles. The molecule has 3 N–H and O–H groups in total. The molecule has 0 atom stereocenters. The highest BCUT2D eigenvalue weighted by Gasteiger charge is 2.12. The Bertz CT molecular complexity index is 1200. The van der Waals surface area contributed by atoms with E-state index in [-0.39, 0.29) is 17.3 Å². The Morgan fingerprint density at radius 1 is 0.969 bits per heavy atom. The Hall–Kier alpha value is -3.89. The van der Waals surface area contributed by atoms with Gasteiger partial charge in [0.05, 0.1) is 4.90 Å². The molecule has 1 aromatic heterocycles. The molecule has 0 aliphatic heterocycles. The summed E-state index contributed by atoms with van der Waals surface area (Å²) in [6, 6.07) is 18.2. The Labute approximate surface area is 185 Å². The van der Waals surface area contributed by atoms with E-state index in [1.54, 1.807) is 30.3 Å². The van der Waals surface area contributed by atoms with E-state index in [1.165, 1.54) is 37.4 Å². The number of hydrogen-bond acceptors (Lipinski definition) is 6. The summed E-state index contributed by atoms with van der Waals surface area (Å²) in [7, 11) is -2.20. The molecule has 0 unspecified atom stereocenters. The summed E-state index contributed by atoms with van der Waals surface area (Å²) in [6.45, 7) is 0.154. The van der Waals surface area contributed by atoms with Crippen LogP contribution in [0.15, 0.2) is 82.1 Å². The Kier molecular flexibility index (Phi) is 7.42. The first-order valence-corrected chi connectivity index (χ1v) is 10.9. The number of carbonyl (C=O) groups is 2. The van der Waals surface area contributed by atoms with Crippen molar-refractivity contribution in [2.24, 2.45) is 0 Å². The molecule has 0 bridgehead atoms. The highest BCUT2D eigenvalue weighted by atomic mass is 32.2. The molecule has 1 heterocycles. The summed E-state index contributed by atoms with van der Waals surface area (Å²) < 4.78 is 36.6. The van der Waals surface area contributed by atoms with Crippen LogP contribution in [-0.2, 0) is 21.4 Å². The Morgan fingerprint density at radius 2 is 1.69 bits per heavy atom. The van der Waals surface area contributed by atoms with Gasteiger partial charge >= 0.3 is 5.91 Å². The molecule has 0 aliphatic carbocycles. The lowest BCUT2D eigenvalue weighted by molar-refractivity contribution is -0.117. The van der Waals surface area contributed by atoms with Gasteiger partial charge in [-0.05, 0) is 55.1 Å². The van der Waals surface area contributed by atoms with Gasteiger partial charge in [0.15, 0.2) is 5.76 Å². The molecule has 166 valence electrons. The van der Waals surface area contributed by atoms with Crippen molar-refractivity contribution in [2.45, 2.75) is 11.5 Å². The van der Waals surface area contributed by atoms with E-state index < -0.39 is 21.8 Å². The summed E-state index contributed by atoms with van der Waals surface area (Å²) in [6.07, 6.45) is 2.67. The Morgan fingerprint density at radius 3 is 2.38 bits per heavy atom. The maximum Gasteiger partial charge on any atom is 0.305 e. The van der Waals surface area contributed by atoms with Crippen LogP contribution in [0.2, 0.25) is 0 Å². The highest BCUT2D eigenvalue weighted by Crippen LogP contribution is 2.14. The molecular weight excluding hydrogens is 434 g/mol. The third kappa shape index (κ3) is 6.30. The van der Waals surface area contributed by atoms with Crippen molar-refractivity contribution in [1.29, 1.82) is 0 Å². The zero-order valence-electron chi connectivity index (χ0n) is 17.1. The average molecular weight is 455 g/mol. The van der Waals surface area contributed by atoms with Gasteiger partial charge in [-0.15, -0.1) is 0 Å². The van der Waals surface area contributed by atoms with Gasteiger partial charge in [0, 0.05) is 6.08 Å². The quantitative estimate of drug-likeness (QED) is 0.353. The summed E-state index contributed by atoms with van der Waals surface area (Å²) in [5, 5.41) is 0. The normalized spacial score (nSPS) is 11.3. The number of hydrogen-bond donors (Lipinski definition) is 3. The second-order valence-corrected chi connectivity index (χ2v) is 8.31. The topological polar surface area (TPSA) is 127 Å². The van der Waals surface area contributed by atoms with E-state index in [1.807, 2.05) is 18.2 Å². The Balaban J connectivity index is 1.47. The van der Waals surface area contributed by atoms with E-state index in [0.29, 0.717) is 17.1 Å². The SMILES string of the molecule is CNS(=O)(=O)c1ccc(C=CC(=O)NNC(=O)c2ccc(COc3ccccc3)o2)cc1. The molecule has 0 radical (unpaired) electrons. The van der Waals surface area contributed by atoms with Gasteiger partial charge in [0.25, 0.3) is 5.91 Å². The van der Waals surface area contributed by atoms with Gasteiger partial charge in [-0.25, -0.2) is 13.1 Å². The number of furan rings is 1. The second kappa shape index (κ2) is 10.4. The lowest BCUT2D eigenvalue weighted by Gasteiger charge is -2.04. The molecule has 0 aliphatic rings. The number of amides is 2. The van der Waals surface area contributed by atoms with Crippen molar-refractivity contribution >= 4 is 27.9 Å². The van der Waals surface area contributed by atoms with E-state index in [4.69, 9.17) is 9.15 Å². The summed E-state index contributed by atoms with van der Waals surface area (Å²) in [5.74, 6) is -0.0627. The smallest absolute Gasteiger partial charge is 0.305 e. The van der Waals surface area contributed by atoms with Gasteiger partial charge in [-0.1, -0.05) is 30.3 Å². The third-order valence-corrected chi connectivity index (χ3v) is 5.63. The molecule has 3 rings (SSSR count). The van der Waals surface area contributed by atoms with E-state index in [2.05, 4.69) is 15.6 Å². The van der Waals surface area contributed by atoms with Crippen LogP contribution in [0.25, 0.3) is 6.08 Å². The fourth-order valence-corrected chi connectivity index (χ4v) is 3.25. The van der Waals surface area contributed by atoms with Gasteiger partial charge in [0.1, 0.15) is 18.1 Å². The first kappa shape index (κ1) is 22.8. The molecule has 0 fully saturated rings. The number of para-hydroxylation sites is 1. The van der Waals surface area contributed by atoms with E-state index in [0.717, 1.165) is 0 Å². The summed E-state index contributed by atoms with van der Waals surface area (Å²) >= 11 is 0. The molecule has 32 heavy (non-hydrogen) atoms. The molecule has 3 aromatic rings. The number of hydrazine groups is 1. The van der Waals surface area contributed by atoms with Crippen molar-refractivity contribution in [2.75, 3.05) is 7.05 Å². The first-order chi connectivity index (χ1) is 15.4. The van der Waals surface area contributed by atoms with Crippen LogP contribution >= 0.6 is 0 Å². The van der Waals surface area contributed by atoms with Crippen LogP contribution in [0.5, 0.6) is 5.75 Å². The maximum atomic E-state index is 12.1. The predicted molar refractivity (Wildman–Crippen MR) is 117 cm³/mol. The van der Waals surface area contributed by atoms with Crippen molar-refractivity contribution in [3.05, 3.63) is 89.9 Å². The largest absolute Gasteiger partial charge is 0.486 e. The number of carbonyl (C=O) groups excluding carboxylic acids is 2. The molecule has 10 heteroatoms. The van der Waals surface area contributed by atoms with Gasteiger partial charge in [-0.3, -0.25) is 20.4 Å². The lowest BCUT2D eigenvalue weighted by atomic mass is 10.2. The number of nitrogens with one attached hydrogen (secondary N) is 3. The minimum Gasteiger partial charge on any atom is -0.486 e. The first-order valence-electron chi connectivity index (χ1n) is 9.46. The van der Waals surface area contributed by atoms with Crippen molar-refractivity contribution in [1.82, 2.24) is 15.6 Å². The van der Waals surface area contributed by atoms with Gasteiger partial charge in [0.2, 0.25) is 10.0 Å². The molecule has 9 nitrogen and oxygen atoms in total. The number of benzene rings is 2. The third-order valence-electron chi connectivity index (χ3n) is 4.20. The van der Waals surface area contributed by atoms with Gasteiger partial charge in [-0.2, -0.15) is 0 Å². The van der Waals surface area contributed by atoms with Crippen LogP contribution in [-0.4, -0.2) is 27.3 Å². The minimum atomic E-state index is -3.52. The summed E-state index contributed by atoms with van der Waals surface area (Å²) in [5.41, 5.74) is 5.09. The predicted octanol–water partition coefficient (Wildman–Crippen LogP) is 2.24. The highest BCUT2D eigenvalue weighted by molar-refractivity contribution is 7.89. The molecule has 0 saturated heterocycles. The van der Waals surface area contributed by atoms with Crippen LogP contribution in [0, 0.1) is 0 Å². The van der Waals surface area contributed by atoms with E-state index >= 15 is 0 Å². The standard InChI is InChI=1S/C22H21N3O6S/c1-23-32(28,29)19-11-7-16(8-12-19)9-14-21(26)24-25-22(27)20-13-10-18(31-20)15-30-17-5-3-2-4-6-17/h2-14,23H,15H2,1H3,(H,24,26)(H,25,27). The van der Waals surface area contributed by atoms with Crippen molar-refractivity contribution < 1.29 is 27.2 Å². The van der Waals surface area contributed by atoms with Crippen LogP contribution in [0.1, 0.15) is 21.9 Å². The van der Waals surface area contributed by atoms with Gasteiger partial charge < -0.3 is 9.15 Å². The zero-order chi connectivity index (χ0) is 23.0. The zero-order valence-corrected chi connectivity index (χ0v) is 17.9. The summed E-state index contributed by atoms with van der Waals surface area (Å²) in [4.78, 5) is 24.2. The van der Waals surface area contributed by atoms with Crippen molar-refractivity contribution in [3.8, 4) is 5.75 Å². The molecule has 0 saturated carbocycles. The fourth-order valence-electron chi connectivity index (χ4n) is 2.52.